The fourth-order valence-electron chi connectivity index (χ4n) is 2.07. The molecule has 4 nitrogen and oxygen atoms in total. The molecule has 1 heterocycles. The first-order valence-corrected chi connectivity index (χ1v) is 6.60. The monoisotopic (exact) mass is 291 g/mol. The molecule has 0 spiro atoms. The molecule has 0 saturated carbocycles. The second-order valence-corrected chi connectivity index (χ2v) is 4.96. The molecular formula is C16H18FNO3. The Balaban J connectivity index is 1.98. The van der Waals surface area contributed by atoms with Crippen LogP contribution in [-0.2, 0) is 6.54 Å². The molecule has 0 N–H and O–H groups in total. The van der Waals surface area contributed by atoms with E-state index in [1.165, 1.54) is 19.2 Å². The van der Waals surface area contributed by atoms with Crippen molar-refractivity contribution in [2.24, 2.45) is 0 Å². The van der Waals surface area contributed by atoms with Crippen LogP contribution in [0.5, 0.6) is 5.75 Å². The number of likely N-dealkylation sites (N-methyl/N-ethyl adjacent to an activating group) is 1. The topological polar surface area (TPSA) is 42.7 Å². The molecule has 0 unspecified atom stereocenters. The van der Waals surface area contributed by atoms with Crippen LogP contribution in [-0.4, -0.2) is 31.4 Å². The van der Waals surface area contributed by atoms with Crippen LogP contribution in [0.3, 0.4) is 0 Å². The molecule has 2 rings (SSSR count). The largest absolute Gasteiger partial charge is 0.494 e. The van der Waals surface area contributed by atoms with Crippen LogP contribution in [0, 0.1) is 12.7 Å². The molecule has 0 saturated heterocycles. The van der Waals surface area contributed by atoms with Crippen molar-refractivity contribution in [3.05, 3.63) is 53.2 Å². The molecule has 0 amide bonds. The van der Waals surface area contributed by atoms with Crippen LogP contribution in [0.2, 0.25) is 0 Å². The van der Waals surface area contributed by atoms with Gasteiger partial charge >= 0.3 is 0 Å². The Morgan fingerprint density at radius 1 is 1.33 bits per heavy atom. The minimum absolute atomic E-state index is 0.131. The number of halogens is 1. The minimum Gasteiger partial charge on any atom is -0.494 e. The molecule has 1 aromatic carbocycles. The molecule has 0 aliphatic carbocycles. The Morgan fingerprint density at radius 3 is 2.67 bits per heavy atom. The van der Waals surface area contributed by atoms with Crippen LogP contribution in [0.4, 0.5) is 4.39 Å². The Kier molecular flexibility index (Phi) is 4.75. The summed E-state index contributed by atoms with van der Waals surface area (Å²) in [5, 5.41) is 0. The molecule has 0 aliphatic heterocycles. The maximum atomic E-state index is 13.6. The summed E-state index contributed by atoms with van der Waals surface area (Å²) in [4.78, 5) is 13.9. The molecule has 0 radical (unpaired) electrons. The third-order valence-corrected chi connectivity index (χ3v) is 3.11. The zero-order valence-electron chi connectivity index (χ0n) is 12.4. The second kappa shape index (κ2) is 6.54. The van der Waals surface area contributed by atoms with Gasteiger partial charge in [-0.25, -0.2) is 4.39 Å². The predicted octanol–water partition coefficient (Wildman–Crippen LogP) is 3.05. The molecule has 21 heavy (non-hydrogen) atoms. The average molecular weight is 291 g/mol. The second-order valence-electron chi connectivity index (χ2n) is 4.96. The van der Waals surface area contributed by atoms with Gasteiger partial charge in [0.15, 0.2) is 17.3 Å². The maximum Gasteiger partial charge on any atom is 0.176 e. The summed E-state index contributed by atoms with van der Waals surface area (Å²) in [5.74, 6) is 1.08. The molecule has 0 bridgehead atoms. The van der Waals surface area contributed by atoms with Crippen molar-refractivity contribution in [1.29, 1.82) is 0 Å². The first-order chi connectivity index (χ1) is 9.99. The van der Waals surface area contributed by atoms with Crippen LogP contribution < -0.4 is 4.74 Å². The number of benzene rings is 1. The molecule has 2 aromatic rings. The maximum absolute atomic E-state index is 13.6. The summed E-state index contributed by atoms with van der Waals surface area (Å²) in [5.41, 5.74) is 0.329. The number of carbonyl (C=O) groups is 1. The highest BCUT2D eigenvalue weighted by Crippen LogP contribution is 2.18. The lowest BCUT2D eigenvalue weighted by molar-refractivity contribution is 0.0939. The van der Waals surface area contributed by atoms with Crippen LogP contribution in [0.15, 0.2) is 34.7 Å². The predicted molar refractivity (Wildman–Crippen MR) is 77.1 cm³/mol. The smallest absolute Gasteiger partial charge is 0.176 e. The number of ketones is 1. The third kappa shape index (κ3) is 3.92. The van der Waals surface area contributed by atoms with Gasteiger partial charge in [0.2, 0.25) is 0 Å². The van der Waals surface area contributed by atoms with Gasteiger partial charge in [-0.1, -0.05) is 0 Å². The van der Waals surface area contributed by atoms with Crippen LogP contribution in [0.1, 0.15) is 21.9 Å². The summed E-state index contributed by atoms with van der Waals surface area (Å²) in [6, 6.07) is 7.98. The third-order valence-electron chi connectivity index (χ3n) is 3.11. The molecule has 0 aliphatic rings. The highest BCUT2D eigenvalue weighted by molar-refractivity contribution is 5.97. The lowest BCUT2D eigenvalue weighted by Crippen LogP contribution is -2.25. The number of carbonyl (C=O) groups excluding carboxylic acids is 1. The van der Waals surface area contributed by atoms with E-state index in [-0.39, 0.29) is 18.1 Å². The van der Waals surface area contributed by atoms with Gasteiger partial charge in [0.25, 0.3) is 0 Å². The van der Waals surface area contributed by atoms with E-state index >= 15 is 0 Å². The quantitative estimate of drug-likeness (QED) is 0.767. The molecule has 5 heteroatoms. The van der Waals surface area contributed by atoms with Crippen molar-refractivity contribution >= 4 is 5.78 Å². The lowest BCUT2D eigenvalue weighted by Gasteiger charge is -2.14. The van der Waals surface area contributed by atoms with E-state index in [2.05, 4.69) is 0 Å². The number of Topliss-reactive ketones (excluding diaryl/α,β-unsaturated/α-hetero) is 1. The number of furan rings is 1. The van der Waals surface area contributed by atoms with E-state index in [1.54, 1.807) is 6.07 Å². The number of aryl methyl sites for hydroxylation is 1. The van der Waals surface area contributed by atoms with Gasteiger partial charge in [0.1, 0.15) is 11.5 Å². The number of hydrogen-bond acceptors (Lipinski definition) is 4. The number of methoxy groups -OCH3 is 1. The summed E-state index contributed by atoms with van der Waals surface area (Å²) in [6.07, 6.45) is 0. The van der Waals surface area contributed by atoms with Gasteiger partial charge < -0.3 is 9.15 Å². The highest BCUT2D eigenvalue weighted by Gasteiger charge is 2.13. The Bertz CT molecular complexity index is 636. The van der Waals surface area contributed by atoms with Crippen molar-refractivity contribution in [2.45, 2.75) is 13.5 Å². The highest BCUT2D eigenvalue weighted by atomic mass is 19.1. The lowest BCUT2D eigenvalue weighted by atomic mass is 10.1. The zero-order valence-corrected chi connectivity index (χ0v) is 12.4. The minimum atomic E-state index is -0.535. The summed E-state index contributed by atoms with van der Waals surface area (Å²) in [6.45, 7) is 2.58. The van der Waals surface area contributed by atoms with E-state index in [0.717, 1.165) is 11.5 Å². The van der Waals surface area contributed by atoms with E-state index in [1.807, 2.05) is 31.0 Å². The first-order valence-electron chi connectivity index (χ1n) is 6.60. The van der Waals surface area contributed by atoms with Crippen molar-refractivity contribution in [1.82, 2.24) is 4.90 Å². The van der Waals surface area contributed by atoms with Gasteiger partial charge in [-0.05, 0) is 44.3 Å². The Hall–Kier alpha value is -2.14. The fourth-order valence-corrected chi connectivity index (χ4v) is 2.07. The molecular weight excluding hydrogens is 273 g/mol. The van der Waals surface area contributed by atoms with Gasteiger partial charge in [-0.3, -0.25) is 9.69 Å². The Morgan fingerprint density at radius 2 is 2.10 bits per heavy atom. The summed E-state index contributed by atoms with van der Waals surface area (Å²) >= 11 is 0. The van der Waals surface area contributed by atoms with Gasteiger partial charge in [0, 0.05) is 5.56 Å². The van der Waals surface area contributed by atoms with Gasteiger partial charge in [-0.15, -0.1) is 0 Å². The average Bonchev–Trinajstić information content (AvgIpc) is 2.83. The van der Waals surface area contributed by atoms with E-state index < -0.39 is 5.82 Å². The molecule has 112 valence electrons. The molecule has 0 fully saturated rings. The normalized spacial score (nSPS) is 10.9. The van der Waals surface area contributed by atoms with Crippen molar-refractivity contribution in [3.8, 4) is 5.75 Å². The number of nitrogens with zero attached hydrogens (tertiary/aromatic N) is 1. The van der Waals surface area contributed by atoms with E-state index in [0.29, 0.717) is 12.1 Å². The van der Waals surface area contributed by atoms with Crippen molar-refractivity contribution in [3.63, 3.8) is 0 Å². The number of hydrogen-bond donors (Lipinski definition) is 0. The zero-order chi connectivity index (χ0) is 15.4. The SMILES string of the molecule is COc1ccc(C(=O)CN(C)Cc2ccc(C)o2)cc1F. The summed E-state index contributed by atoms with van der Waals surface area (Å²) in [7, 11) is 3.20. The van der Waals surface area contributed by atoms with Crippen molar-refractivity contribution in [2.75, 3.05) is 20.7 Å². The standard InChI is InChI=1S/C16H18FNO3/c1-11-4-6-13(21-11)9-18(2)10-15(19)12-5-7-16(20-3)14(17)8-12/h4-8H,9-10H2,1-3H3. The fraction of sp³-hybridized carbons (Fsp3) is 0.312. The van der Waals surface area contributed by atoms with Crippen LogP contribution >= 0.6 is 0 Å². The van der Waals surface area contributed by atoms with E-state index in [4.69, 9.17) is 9.15 Å². The van der Waals surface area contributed by atoms with Crippen LogP contribution in [0.25, 0.3) is 0 Å². The van der Waals surface area contributed by atoms with Gasteiger partial charge in [0.05, 0.1) is 20.2 Å². The molecule has 0 atom stereocenters. The van der Waals surface area contributed by atoms with Crippen molar-refractivity contribution < 1.29 is 18.3 Å². The van der Waals surface area contributed by atoms with Gasteiger partial charge in [-0.2, -0.15) is 0 Å². The number of ether oxygens (including phenoxy) is 1. The number of rotatable bonds is 6. The first kappa shape index (κ1) is 15.3. The van der Waals surface area contributed by atoms with E-state index in [9.17, 15) is 9.18 Å². The Labute approximate surface area is 123 Å². The summed E-state index contributed by atoms with van der Waals surface area (Å²) < 4.78 is 23.9. The molecule has 1 aromatic heterocycles.